The summed E-state index contributed by atoms with van der Waals surface area (Å²) in [5, 5.41) is 3.89. The standard InChI is InChI=1S/C16H16BrClFNO/c1-2-20-9-14-15(18)4-3-5-16(14)21-10-11-6-12(17)8-13(19)7-11/h3-8,20H,2,9-10H2,1H3. The molecule has 0 fully saturated rings. The Morgan fingerprint density at radius 1 is 1.29 bits per heavy atom. The van der Waals surface area contributed by atoms with Crippen LogP contribution in [0.3, 0.4) is 0 Å². The molecule has 0 saturated carbocycles. The second-order valence-electron chi connectivity index (χ2n) is 4.56. The van der Waals surface area contributed by atoms with Gasteiger partial charge in [0.05, 0.1) is 0 Å². The van der Waals surface area contributed by atoms with Crippen molar-refractivity contribution in [1.29, 1.82) is 0 Å². The molecule has 0 aliphatic heterocycles. The molecule has 0 aliphatic rings. The number of nitrogens with one attached hydrogen (secondary N) is 1. The van der Waals surface area contributed by atoms with Gasteiger partial charge in [0.15, 0.2) is 0 Å². The minimum Gasteiger partial charge on any atom is -0.489 e. The van der Waals surface area contributed by atoms with E-state index >= 15 is 0 Å². The Labute approximate surface area is 137 Å². The molecule has 1 N–H and O–H groups in total. The van der Waals surface area contributed by atoms with Crippen LogP contribution >= 0.6 is 27.5 Å². The van der Waals surface area contributed by atoms with Crippen LogP contribution in [-0.2, 0) is 13.2 Å². The minimum atomic E-state index is -0.290. The minimum absolute atomic E-state index is 0.288. The van der Waals surface area contributed by atoms with Crippen molar-refractivity contribution >= 4 is 27.5 Å². The number of hydrogen-bond donors (Lipinski definition) is 1. The van der Waals surface area contributed by atoms with E-state index in [1.807, 2.05) is 31.2 Å². The molecule has 0 aliphatic carbocycles. The summed E-state index contributed by atoms with van der Waals surface area (Å²) in [5.41, 5.74) is 1.67. The van der Waals surface area contributed by atoms with Crippen molar-refractivity contribution in [3.8, 4) is 5.75 Å². The summed E-state index contributed by atoms with van der Waals surface area (Å²) in [7, 11) is 0. The fourth-order valence-electron chi connectivity index (χ4n) is 1.95. The molecule has 0 amide bonds. The second-order valence-corrected chi connectivity index (χ2v) is 5.89. The second kappa shape index (κ2) is 7.78. The zero-order valence-electron chi connectivity index (χ0n) is 11.6. The van der Waals surface area contributed by atoms with E-state index in [9.17, 15) is 4.39 Å². The third kappa shape index (κ3) is 4.70. The average molecular weight is 373 g/mol. The van der Waals surface area contributed by atoms with Crippen LogP contribution in [0.2, 0.25) is 5.02 Å². The summed E-state index contributed by atoms with van der Waals surface area (Å²) in [6, 6.07) is 10.2. The maximum atomic E-state index is 13.3. The van der Waals surface area contributed by atoms with Crippen molar-refractivity contribution in [3.63, 3.8) is 0 Å². The van der Waals surface area contributed by atoms with Crippen molar-refractivity contribution in [2.75, 3.05) is 6.54 Å². The van der Waals surface area contributed by atoms with Crippen LogP contribution in [0, 0.1) is 5.82 Å². The van der Waals surface area contributed by atoms with Crippen LogP contribution in [0.25, 0.3) is 0 Å². The molecular formula is C16H16BrClFNO. The highest BCUT2D eigenvalue weighted by Crippen LogP contribution is 2.27. The molecule has 0 bridgehead atoms. The maximum Gasteiger partial charge on any atom is 0.125 e. The summed E-state index contributed by atoms with van der Waals surface area (Å²) in [6.07, 6.45) is 0. The first kappa shape index (κ1) is 16.3. The van der Waals surface area contributed by atoms with Crippen molar-refractivity contribution in [2.45, 2.75) is 20.1 Å². The lowest BCUT2D eigenvalue weighted by Gasteiger charge is -2.13. The summed E-state index contributed by atoms with van der Waals surface area (Å²) in [4.78, 5) is 0. The molecule has 0 spiro atoms. The number of halogens is 3. The highest BCUT2D eigenvalue weighted by molar-refractivity contribution is 9.10. The third-order valence-corrected chi connectivity index (χ3v) is 3.76. The van der Waals surface area contributed by atoms with Gasteiger partial charge in [-0.05, 0) is 42.4 Å². The van der Waals surface area contributed by atoms with Gasteiger partial charge < -0.3 is 10.1 Å². The third-order valence-electron chi connectivity index (χ3n) is 2.94. The lowest BCUT2D eigenvalue weighted by Crippen LogP contribution is -2.13. The van der Waals surface area contributed by atoms with Crippen LogP contribution in [0.1, 0.15) is 18.1 Å². The monoisotopic (exact) mass is 371 g/mol. The molecule has 0 radical (unpaired) electrons. The van der Waals surface area contributed by atoms with Gasteiger partial charge in [-0.2, -0.15) is 0 Å². The fraction of sp³-hybridized carbons (Fsp3) is 0.250. The molecule has 2 rings (SSSR count). The van der Waals surface area contributed by atoms with Crippen LogP contribution in [0.15, 0.2) is 40.9 Å². The molecule has 21 heavy (non-hydrogen) atoms. The molecule has 2 aromatic carbocycles. The number of rotatable bonds is 6. The van der Waals surface area contributed by atoms with Crippen molar-refractivity contribution in [3.05, 3.63) is 62.8 Å². The van der Waals surface area contributed by atoms with Gasteiger partial charge in [-0.25, -0.2) is 4.39 Å². The Balaban J connectivity index is 2.13. The van der Waals surface area contributed by atoms with Crippen LogP contribution in [0.5, 0.6) is 5.75 Å². The molecular weight excluding hydrogens is 357 g/mol. The van der Waals surface area contributed by atoms with E-state index in [0.29, 0.717) is 21.8 Å². The molecule has 2 aromatic rings. The summed E-state index contributed by atoms with van der Waals surface area (Å²) >= 11 is 9.48. The lowest BCUT2D eigenvalue weighted by atomic mass is 10.2. The van der Waals surface area contributed by atoms with Gasteiger partial charge in [-0.15, -0.1) is 0 Å². The van der Waals surface area contributed by atoms with Crippen molar-refractivity contribution < 1.29 is 9.13 Å². The molecule has 112 valence electrons. The van der Waals surface area contributed by atoms with E-state index < -0.39 is 0 Å². The van der Waals surface area contributed by atoms with Gasteiger partial charge >= 0.3 is 0 Å². The van der Waals surface area contributed by atoms with Gasteiger partial charge in [-0.1, -0.05) is 40.5 Å². The molecule has 0 aromatic heterocycles. The van der Waals surface area contributed by atoms with E-state index in [1.54, 1.807) is 0 Å². The first-order valence-electron chi connectivity index (χ1n) is 6.66. The van der Waals surface area contributed by atoms with Gasteiger partial charge in [0.2, 0.25) is 0 Å². The Morgan fingerprint density at radius 3 is 2.81 bits per heavy atom. The number of ether oxygens (including phenoxy) is 1. The number of benzene rings is 2. The molecule has 5 heteroatoms. The first-order chi connectivity index (χ1) is 10.1. The quantitative estimate of drug-likeness (QED) is 0.776. The van der Waals surface area contributed by atoms with E-state index in [2.05, 4.69) is 21.2 Å². The van der Waals surface area contributed by atoms with Gasteiger partial charge in [0.25, 0.3) is 0 Å². The van der Waals surface area contributed by atoms with Gasteiger partial charge in [0, 0.05) is 21.6 Å². The summed E-state index contributed by atoms with van der Waals surface area (Å²) in [5.74, 6) is 0.422. The lowest BCUT2D eigenvalue weighted by molar-refractivity contribution is 0.301. The van der Waals surface area contributed by atoms with Gasteiger partial charge in [-0.3, -0.25) is 0 Å². The Hall–Kier alpha value is -1.10. The highest BCUT2D eigenvalue weighted by atomic mass is 79.9. The summed E-state index contributed by atoms with van der Waals surface area (Å²) in [6.45, 7) is 3.80. The number of hydrogen-bond acceptors (Lipinski definition) is 2. The predicted octanol–water partition coefficient (Wildman–Crippen LogP) is 4.93. The largest absolute Gasteiger partial charge is 0.489 e. The zero-order valence-corrected chi connectivity index (χ0v) is 14.0. The fourth-order valence-corrected chi connectivity index (χ4v) is 2.70. The molecule has 0 atom stereocenters. The molecule has 0 saturated heterocycles. The Kier molecular flexibility index (Phi) is 6.03. The highest BCUT2D eigenvalue weighted by Gasteiger charge is 2.08. The zero-order chi connectivity index (χ0) is 15.2. The van der Waals surface area contributed by atoms with E-state index in [1.165, 1.54) is 12.1 Å². The Morgan fingerprint density at radius 2 is 2.10 bits per heavy atom. The van der Waals surface area contributed by atoms with Crippen molar-refractivity contribution in [1.82, 2.24) is 5.32 Å². The molecule has 2 nitrogen and oxygen atoms in total. The van der Waals surface area contributed by atoms with Crippen LogP contribution in [-0.4, -0.2) is 6.54 Å². The topological polar surface area (TPSA) is 21.3 Å². The van der Waals surface area contributed by atoms with E-state index in [4.69, 9.17) is 16.3 Å². The average Bonchev–Trinajstić information content (AvgIpc) is 2.43. The predicted molar refractivity (Wildman–Crippen MR) is 87.3 cm³/mol. The maximum absolute atomic E-state index is 13.3. The first-order valence-corrected chi connectivity index (χ1v) is 7.83. The van der Waals surface area contributed by atoms with Gasteiger partial charge in [0.1, 0.15) is 18.2 Å². The van der Waals surface area contributed by atoms with E-state index in [-0.39, 0.29) is 12.4 Å². The van der Waals surface area contributed by atoms with Crippen LogP contribution < -0.4 is 10.1 Å². The normalized spacial score (nSPS) is 10.7. The SMILES string of the molecule is CCNCc1c(Cl)cccc1OCc1cc(F)cc(Br)c1. The molecule has 0 unspecified atom stereocenters. The van der Waals surface area contributed by atoms with Crippen molar-refractivity contribution in [2.24, 2.45) is 0 Å². The smallest absolute Gasteiger partial charge is 0.125 e. The van der Waals surface area contributed by atoms with Crippen LogP contribution in [0.4, 0.5) is 4.39 Å². The molecule has 0 heterocycles. The Bertz CT molecular complexity index is 601. The van der Waals surface area contributed by atoms with E-state index in [0.717, 1.165) is 17.7 Å². The summed E-state index contributed by atoms with van der Waals surface area (Å²) < 4.78 is 19.8.